The van der Waals surface area contributed by atoms with Crippen LogP contribution in [-0.2, 0) is 0 Å². The van der Waals surface area contributed by atoms with E-state index < -0.39 is 0 Å². The minimum atomic E-state index is 0.608. The molecule has 0 unspecified atom stereocenters. The van der Waals surface area contributed by atoms with Gasteiger partial charge >= 0.3 is 0 Å². The molecule has 6 heterocycles. The van der Waals surface area contributed by atoms with E-state index in [0.29, 0.717) is 5.95 Å². The molecule has 0 saturated carbocycles. The molecule has 0 fully saturated rings. The molecular weight excluding hydrogens is 1240 g/mol. The molecule has 6 aromatic heterocycles. The third kappa shape index (κ3) is 8.99. The lowest BCUT2D eigenvalue weighted by Crippen LogP contribution is -2.04. The largest absolute Gasteiger partial charge is 0.309 e. The highest BCUT2D eigenvalue weighted by Gasteiger charge is 2.24. The summed E-state index contributed by atoms with van der Waals surface area (Å²) in [5.74, 6) is 0.608. The van der Waals surface area contributed by atoms with Crippen molar-refractivity contribution >= 4 is 139 Å². The van der Waals surface area contributed by atoms with Crippen LogP contribution in [0.3, 0.4) is 0 Å². The minimum Gasteiger partial charge on any atom is -0.309 e. The van der Waals surface area contributed by atoms with Gasteiger partial charge in [-0.05, 0) is 189 Å². The lowest BCUT2D eigenvalue weighted by atomic mass is 9.95. The molecule has 21 aromatic rings. The van der Waals surface area contributed by atoms with Crippen molar-refractivity contribution in [3.8, 4) is 84.3 Å². The Labute approximate surface area is 576 Å². The Hall–Kier alpha value is -12.5. The van der Waals surface area contributed by atoms with Gasteiger partial charge in [-0.25, -0.2) is 9.97 Å². The van der Waals surface area contributed by atoms with Gasteiger partial charge in [0.25, 0.3) is 0 Å². The zero-order valence-electron chi connectivity index (χ0n) is 53.3. The first kappa shape index (κ1) is 55.7. The third-order valence-corrected chi connectivity index (χ3v) is 22.7. The van der Waals surface area contributed by atoms with Crippen LogP contribution in [0.25, 0.3) is 201 Å². The molecule has 15 aromatic carbocycles. The maximum atomic E-state index is 5.75. The summed E-state index contributed by atoms with van der Waals surface area (Å²) >= 11 is 3.68. The van der Waals surface area contributed by atoms with Crippen LogP contribution >= 0.6 is 22.7 Å². The van der Waals surface area contributed by atoms with Crippen molar-refractivity contribution in [2.45, 2.75) is 0 Å². The summed E-state index contributed by atoms with van der Waals surface area (Å²) in [5.41, 5.74) is 22.0. The number of thiophene rings is 2. The molecule has 0 aliphatic carbocycles. The molecule has 0 spiro atoms. The van der Waals surface area contributed by atoms with Gasteiger partial charge in [-0.2, -0.15) is 0 Å². The highest BCUT2D eigenvalue weighted by atomic mass is 32.1. The van der Waals surface area contributed by atoms with E-state index in [1.165, 1.54) is 95.2 Å². The van der Waals surface area contributed by atoms with Gasteiger partial charge in [0.15, 0.2) is 0 Å². The molecule has 0 atom stereocenters. The number of aromatic nitrogens is 5. The van der Waals surface area contributed by atoms with E-state index in [9.17, 15) is 0 Å². The Morgan fingerprint density at radius 1 is 0.192 bits per heavy atom. The summed E-state index contributed by atoms with van der Waals surface area (Å²) in [7, 11) is 0. The molecule has 0 radical (unpaired) electrons. The fraction of sp³-hybridized carbons (Fsp3) is 0. The van der Waals surface area contributed by atoms with Crippen molar-refractivity contribution in [1.29, 1.82) is 0 Å². The SMILES string of the molecule is c1ccc(-c2ccc3sc4ccc(-c5cc(-c6ccc7sc8ccc(-c9ccccc9)cc8c7c6)nc(-n6c7ccccc7c7cc8c(cc76)c6ccccc6n8-c6cc(-c7ccc8ccccc8c7)cc(-c7ccc8c(c7)c7ccccc7n8-c7ccccc7)c6)n5)cc4c3c2)cc1. The predicted octanol–water partition coefficient (Wildman–Crippen LogP) is 25.7. The van der Waals surface area contributed by atoms with Crippen LogP contribution in [0.4, 0.5) is 0 Å². The van der Waals surface area contributed by atoms with Crippen molar-refractivity contribution in [2.24, 2.45) is 0 Å². The van der Waals surface area contributed by atoms with Crippen molar-refractivity contribution in [3.05, 3.63) is 334 Å². The lowest BCUT2D eigenvalue weighted by Gasteiger charge is -2.15. The van der Waals surface area contributed by atoms with E-state index in [4.69, 9.17) is 9.97 Å². The lowest BCUT2D eigenvalue weighted by molar-refractivity contribution is 0.996. The molecule has 0 amide bonds. The first-order valence-electron chi connectivity index (χ1n) is 33.7. The van der Waals surface area contributed by atoms with E-state index in [0.717, 1.165) is 99.8 Å². The van der Waals surface area contributed by atoms with Gasteiger partial charge in [-0.3, -0.25) is 4.57 Å². The normalized spacial score (nSPS) is 12.0. The van der Waals surface area contributed by atoms with Crippen LogP contribution in [0.1, 0.15) is 0 Å². The first-order chi connectivity index (χ1) is 49.0. The number of nitrogens with zero attached hydrogens (tertiary/aromatic N) is 5. The van der Waals surface area contributed by atoms with Crippen molar-refractivity contribution in [1.82, 2.24) is 23.7 Å². The van der Waals surface area contributed by atoms with Crippen molar-refractivity contribution in [3.63, 3.8) is 0 Å². The Balaban J connectivity index is 0.782. The Morgan fingerprint density at radius 2 is 0.566 bits per heavy atom. The molecule has 0 N–H and O–H groups in total. The van der Waals surface area contributed by atoms with E-state index in [-0.39, 0.29) is 0 Å². The van der Waals surface area contributed by atoms with E-state index in [2.05, 4.69) is 347 Å². The second-order valence-electron chi connectivity index (χ2n) is 26.1. The van der Waals surface area contributed by atoms with Crippen molar-refractivity contribution < 1.29 is 0 Å². The number of hydrogen-bond donors (Lipinski definition) is 0. The van der Waals surface area contributed by atoms with Crippen LogP contribution < -0.4 is 0 Å². The topological polar surface area (TPSA) is 40.6 Å². The summed E-state index contributed by atoms with van der Waals surface area (Å²) in [4.78, 5) is 11.5. The smallest absolute Gasteiger partial charge is 0.235 e. The van der Waals surface area contributed by atoms with Gasteiger partial charge in [-0.1, -0.05) is 200 Å². The highest BCUT2D eigenvalue weighted by Crippen LogP contribution is 2.46. The maximum Gasteiger partial charge on any atom is 0.235 e. The maximum absolute atomic E-state index is 5.75. The van der Waals surface area contributed by atoms with Gasteiger partial charge in [0.1, 0.15) is 0 Å². The van der Waals surface area contributed by atoms with E-state index >= 15 is 0 Å². The fourth-order valence-electron chi connectivity index (χ4n) is 15.7. The molecule has 0 saturated heterocycles. The highest BCUT2D eigenvalue weighted by molar-refractivity contribution is 7.26. The fourth-order valence-corrected chi connectivity index (χ4v) is 17.8. The summed E-state index contributed by atoms with van der Waals surface area (Å²) < 4.78 is 12.2. The summed E-state index contributed by atoms with van der Waals surface area (Å²) in [5, 5.41) is 14.3. The molecule has 5 nitrogen and oxygen atoms in total. The third-order valence-electron chi connectivity index (χ3n) is 20.4. The van der Waals surface area contributed by atoms with Gasteiger partial charge in [-0.15, -0.1) is 22.7 Å². The summed E-state index contributed by atoms with van der Waals surface area (Å²) in [6.45, 7) is 0. The Kier molecular flexibility index (Phi) is 12.4. The molecule has 99 heavy (non-hydrogen) atoms. The minimum absolute atomic E-state index is 0.608. The van der Waals surface area contributed by atoms with Crippen LogP contribution in [0.15, 0.2) is 334 Å². The molecule has 0 bridgehead atoms. The van der Waals surface area contributed by atoms with Crippen LogP contribution in [0.2, 0.25) is 0 Å². The molecule has 0 aliphatic rings. The number of benzene rings is 15. The molecule has 7 heteroatoms. The Morgan fingerprint density at radius 3 is 1.11 bits per heavy atom. The second kappa shape index (κ2) is 22.0. The predicted molar refractivity (Wildman–Crippen MR) is 421 cm³/mol. The van der Waals surface area contributed by atoms with Crippen LogP contribution in [0, 0.1) is 0 Å². The van der Waals surface area contributed by atoms with Gasteiger partial charge in [0.05, 0.1) is 44.5 Å². The van der Waals surface area contributed by atoms with E-state index in [1.807, 2.05) is 22.7 Å². The van der Waals surface area contributed by atoms with Gasteiger partial charge in [0, 0.05) is 95.2 Å². The summed E-state index contributed by atoms with van der Waals surface area (Å²) in [6.07, 6.45) is 0. The van der Waals surface area contributed by atoms with Gasteiger partial charge < -0.3 is 9.13 Å². The monoisotopic (exact) mass is 1290 g/mol. The second-order valence-corrected chi connectivity index (χ2v) is 28.2. The average molecular weight is 1290 g/mol. The van der Waals surface area contributed by atoms with Crippen LogP contribution in [0.5, 0.6) is 0 Å². The Bertz CT molecular complexity index is 6730. The number of hydrogen-bond acceptors (Lipinski definition) is 4. The number of rotatable bonds is 9. The zero-order valence-corrected chi connectivity index (χ0v) is 54.9. The number of fused-ring (bicyclic) bond motifs is 16. The summed E-state index contributed by atoms with van der Waals surface area (Å²) in [6, 6.07) is 123. The molecular formula is C92H55N5S2. The van der Waals surface area contributed by atoms with Gasteiger partial charge in [0.2, 0.25) is 5.95 Å². The first-order valence-corrected chi connectivity index (χ1v) is 35.3. The van der Waals surface area contributed by atoms with E-state index in [1.54, 1.807) is 0 Å². The molecule has 21 rings (SSSR count). The number of para-hydroxylation sites is 4. The quantitative estimate of drug-likeness (QED) is 0.144. The standard InChI is InChI=1S/C92H55N5S2/c1-4-18-56(19-5-1)61-35-40-88-76(49-61)78-51-64(37-42-90(78)98-88)80-55-81(65-38-43-91-79(52-65)77-50-62(36-41-89(77)99-91)57-20-6-2-7-21-57)94-92(93-80)97-84-31-17-14-28-72(84)75-53-86-74(54-87(75)97)71-27-13-16-30-83(71)96(86)69-46-66(60-33-32-58-22-10-11-23-59(58)44-60)45-67(47-69)63-34-39-85-73(48-63)70-26-12-15-29-82(70)95(85)68-24-8-3-9-25-68/h1-55H. The zero-order chi connectivity index (χ0) is 64.8. The molecule has 0 aliphatic heterocycles. The average Bonchev–Trinajstić information content (AvgIpc) is 1.55. The van der Waals surface area contributed by atoms with Crippen LogP contribution in [-0.4, -0.2) is 23.7 Å². The molecule has 460 valence electrons. The van der Waals surface area contributed by atoms with Crippen molar-refractivity contribution in [2.75, 3.05) is 0 Å².